The number of rotatable bonds is 8. The molecule has 0 unspecified atom stereocenters. The number of halogens is 2. The molecule has 11 heteroatoms. The summed E-state index contributed by atoms with van der Waals surface area (Å²) in [5.74, 6) is -0.762. The summed E-state index contributed by atoms with van der Waals surface area (Å²) >= 11 is 0. The minimum atomic E-state index is -3.94. The number of hydrogen-bond donors (Lipinski definition) is 3. The number of sulfonamides is 1. The number of nitrogens with one attached hydrogen (secondary N) is 3. The molecule has 0 atom stereocenters. The zero-order valence-corrected chi connectivity index (χ0v) is 15.2. The summed E-state index contributed by atoms with van der Waals surface area (Å²) in [6.45, 7) is 0.224. The van der Waals surface area contributed by atoms with Crippen LogP contribution in [-0.4, -0.2) is 36.7 Å². The van der Waals surface area contributed by atoms with E-state index in [0.29, 0.717) is 23.5 Å². The first-order valence-corrected chi connectivity index (χ1v) is 9.63. The molecular weight excluding hydrogens is 390 g/mol. The monoisotopic (exact) mass is 406 g/mol. The number of nitrogens with zero attached hydrogens (tertiary/aromatic N) is 3. The fraction of sp³-hybridized carbons (Fsp3) is 0.118. The third-order valence-electron chi connectivity index (χ3n) is 3.51. The van der Waals surface area contributed by atoms with Gasteiger partial charge < -0.3 is 10.6 Å². The summed E-state index contributed by atoms with van der Waals surface area (Å²) < 4.78 is 52.5. The van der Waals surface area contributed by atoms with Crippen LogP contribution >= 0.6 is 0 Å². The van der Waals surface area contributed by atoms with Crippen LogP contribution in [0.5, 0.6) is 0 Å². The van der Waals surface area contributed by atoms with Crippen LogP contribution in [0.1, 0.15) is 0 Å². The summed E-state index contributed by atoms with van der Waals surface area (Å²) in [6, 6.07) is 11.2. The minimum Gasteiger partial charge on any atom is -0.367 e. The van der Waals surface area contributed by atoms with Crippen molar-refractivity contribution in [1.82, 2.24) is 19.9 Å². The van der Waals surface area contributed by atoms with Crippen molar-refractivity contribution in [2.45, 2.75) is 4.90 Å². The minimum absolute atomic E-state index is 0.0109. The van der Waals surface area contributed by atoms with Gasteiger partial charge in [0.1, 0.15) is 11.6 Å². The molecule has 0 saturated heterocycles. The second kappa shape index (κ2) is 8.67. The molecule has 2 aromatic heterocycles. The molecule has 3 N–H and O–H groups in total. The van der Waals surface area contributed by atoms with Gasteiger partial charge in [0.25, 0.3) is 0 Å². The van der Waals surface area contributed by atoms with Gasteiger partial charge in [-0.25, -0.2) is 26.9 Å². The Balaban J connectivity index is 1.49. The second-order valence-corrected chi connectivity index (χ2v) is 7.31. The Kier molecular flexibility index (Phi) is 6.06. The van der Waals surface area contributed by atoms with Crippen LogP contribution < -0.4 is 15.4 Å². The van der Waals surface area contributed by atoms with Crippen LogP contribution in [0.4, 0.5) is 26.2 Å². The van der Waals surface area contributed by atoms with Crippen molar-refractivity contribution >= 4 is 27.5 Å². The third kappa shape index (κ3) is 5.18. The van der Waals surface area contributed by atoms with Crippen molar-refractivity contribution in [2.24, 2.45) is 0 Å². The van der Waals surface area contributed by atoms with Gasteiger partial charge in [-0.3, -0.25) is 0 Å². The molecule has 3 aromatic rings. The van der Waals surface area contributed by atoms with Crippen molar-refractivity contribution in [3.8, 4) is 0 Å². The first kappa shape index (κ1) is 19.6. The lowest BCUT2D eigenvalue weighted by Crippen LogP contribution is -2.29. The molecule has 3 rings (SSSR count). The van der Waals surface area contributed by atoms with E-state index in [1.807, 2.05) is 6.07 Å². The van der Waals surface area contributed by atoms with E-state index in [1.165, 1.54) is 0 Å². The number of aromatic nitrogens is 3. The van der Waals surface area contributed by atoms with E-state index in [1.54, 1.807) is 30.5 Å². The summed E-state index contributed by atoms with van der Waals surface area (Å²) in [4.78, 5) is 3.76. The maximum atomic E-state index is 13.2. The molecule has 1 aromatic carbocycles. The molecule has 0 bridgehead atoms. The Hall–Kier alpha value is -3.18. The fourth-order valence-corrected chi connectivity index (χ4v) is 3.21. The Bertz CT molecular complexity index is 1030. The highest BCUT2D eigenvalue weighted by Crippen LogP contribution is 2.14. The van der Waals surface area contributed by atoms with Gasteiger partial charge >= 0.3 is 0 Å². The fourth-order valence-electron chi connectivity index (χ4n) is 2.16. The molecule has 0 amide bonds. The van der Waals surface area contributed by atoms with E-state index in [2.05, 4.69) is 30.5 Å². The number of hydrogen-bond acceptors (Lipinski definition) is 7. The van der Waals surface area contributed by atoms with E-state index >= 15 is 0 Å². The molecule has 0 radical (unpaired) electrons. The van der Waals surface area contributed by atoms with Crippen molar-refractivity contribution in [3.05, 3.63) is 66.4 Å². The highest BCUT2D eigenvalue weighted by Gasteiger charge is 2.15. The Morgan fingerprint density at radius 1 is 0.857 bits per heavy atom. The number of pyridine rings is 1. The lowest BCUT2D eigenvalue weighted by Gasteiger charge is -2.09. The van der Waals surface area contributed by atoms with Crippen LogP contribution in [0.25, 0.3) is 0 Å². The van der Waals surface area contributed by atoms with Crippen molar-refractivity contribution in [2.75, 3.05) is 23.7 Å². The molecule has 28 heavy (non-hydrogen) atoms. The molecule has 0 aliphatic carbocycles. The van der Waals surface area contributed by atoms with E-state index in [9.17, 15) is 17.2 Å². The van der Waals surface area contributed by atoms with Crippen molar-refractivity contribution < 1.29 is 17.2 Å². The van der Waals surface area contributed by atoms with E-state index in [0.717, 1.165) is 12.1 Å². The molecule has 0 fully saturated rings. The van der Waals surface area contributed by atoms with Crippen molar-refractivity contribution in [3.63, 3.8) is 0 Å². The molecular formula is C17H16F2N6O2S. The van der Waals surface area contributed by atoms with Crippen molar-refractivity contribution in [1.29, 1.82) is 0 Å². The number of anilines is 3. The average Bonchev–Trinajstić information content (AvgIpc) is 2.69. The van der Waals surface area contributed by atoms with Crippen LogP contribution in [-0.2, 0) is 10.0 Å². The average molecular weight is 406 g/mol. The quantitative estimate of drug-likeness (QED) is 0.493. The van der Waals surface area contributed by atoms with Gasteiger partial charge in [0.05, 0.1) is 4.90 Å². The maximum Gasteiger partial charge on any atom is 0.240 e. The Morgan fingerprint density at radius 3 is 2.32 bits per heavy atom. The van der Waals surface area contributed by atoms with Gasteiger partial charge in [-0.15, -0.1) is 10.2 Å². The van der Waals surface area contributed by atoms with Crippen LogP contribution in [0.3, 0.4) is 0 Å². The normalized spacial score (nSPS) is 11.2. The van der Waals surface area contributed by atoms with Gasteiger partial charge in [0.2, 0.25) is 10.0 Å². The molecule has 0 aliphatic rings. The molecule has 2 heterocycles. The summed E-state index contributed by atoms with van der Waals surface area (Å²) in [5.41, 5.74) is 0. The van der Waals surface area contributed by atoms with Gasteiger partial charge in [0.15, 0.2) is 17.5 Å². The first-order chi connectivity index (χ1) is 13.4. The number of benzene rings is 1. The Labute approximate surface area is 160 Å². The first-order valence-electron chi connectivity index (χ1n) is 8.14. The Morgan fingerprint density at radius 2 is 1.64 bits per heavy atom. The molecule has 0 aliphatic heterocycles. The van der Waals surface area contributed by atoms with Crippen LogP contribution in [0.15, 0.2) is 59.6 Å². The smallest absolute Gasteiger partial charge is 0.240 e. The molecule has 146 valence electrons. The molecule has 0 saturated carbocycles. The van der Waals surface area contributed by atoms with Gasteiger partial charge in [-0.05, 0) is 42.5 Å². The predicted molar refractivity (Wildman–Crippen MR) is 99.6 cm³/mol. The zero-order chi connectivity index (χ0) is 20.0. The summed E-state index contributed by atoms with van der Waals surface area (Å²) in [7, 11) is -3.94. The topological polar surface area (TPSA) is 109 Å². The standard InChI is InChI=1S/C17H16F2N6O2S/c18-13-5-4-12(11-14(13)19)28(26,27)22-10-9-21-16-6-7-17(25-24-16)23-15-3-1-2-8-20-15/h1-8,11,22H,9-10H2,(H,21,24)(H,20,23,25). The maximum absolute atomic E-state index is 13.2. The zero-order valence-electron chi connectivity index (χ0n) is 14.4. The lowest BCUT2D eigenvalue weighted by atomic mass is 10.3. The summed E-state index contributed by atoms with van der Waals surface area (Å²) in [6.07, 6.45) is 1.65. The largest absolute Gasteiger partial charge is 0.367 e. The SMILES string of the molecule is O=S(=O)(NCCNc1ccc(Nc2ccccn2)nn1)c1ccc(F)c(F)c1. The van der Waals surface area contributed by atoms with E-state index in [4.69, 9.17) is 0 Å². The highest BCUT2D eigenvalue weighted by molar-refractivity contribution is 7.89. The van der Waals surface area contributed by atoms with Crippen LogP contribution in [0.2, 0.25) is 0 Å². The molecule has 8 nitrogen and oxygen atoms in total. The lowest BCUT2D eigenvalue weighted by molar-refractivity contribution is 0.504. The summed E-state index contributed by atoms with van der Waals surface area (Å²) in [5, 5.41) is 13.8. The van der Waals surface area contributed by atoms with Gasteiger partial charge in [-0.1, -0.05) is 6.07 Å². The van der Waals surface area contributed by atoms with Gasteiger partial charge in [0, 0.05) is 19.3 Å². The predicted octanol–water partition coefficient (Wildman–Crippen LogP) is 2.28. The second-order valence-electron chi connectivity index (χ2n) is 5.54. The molecule has 0 spiro atoms. The van der Waals surface area contributed by atoms with E-state index < -0.39 is 21.7 Å². The van der Waals surface area contributed by atoms with Crippen LogP contribution in [0, 0.1) is 11.6 Å². The highest BCUT2D eigenvalue weighted by atomic mass is 32.2. The van der Waals surface area contributed by atoms with Gasteiger partial charge in [-0.2, -0.15) is 0 Å². The third-order valence-corrected chi connectivity index (χ3v) is 4.97. The van der Waals surface area contributed by atoms with E-state index in [-0.39, 0.29) is 18.0 Å².